The minimum Gasteiger partial charge on any atom is -0.456 e. The summed E-state index contributed by atoms with van der Waals surface area (Å²) in [4.78, 5) is 11.9. The number of fused-ring (bicyclic) bond motifs is 1. The third-order valence-electron chi connectivity index (χ3n) is 2.38. The van der Waals surface area contributed by atoms with Crippen LogP contribution in [-0.2, 0) is 0 Å². The van der Waals surface area contributed by atoms with Gasteiger partial charge in [-0.25, -0.2) is 0 Å². The van der Waals surface area contributed by atoms with Crippen LogP contribution < -0.4 is 5.43 Å². The van der Waals surface area contributed by atoms with Crippen LogP contribution in [-0.4, -0.2) is 0 Å². The van der Waals surface area contributed by atoms with Crippen molar-refractivity contribution in [3.63, 3.8) is 0 Å². The van der Waals surface area contributed by atoms with E-state index >= 15 is 0 Å². The smallest absolute Gasteiger partial charge is 0.196 e. The second kappa shape index (κ2) is 6.04. The molecule has 0 unspecified atom stereocenters. The number of hydrogen-bond acceptors (Lipinski definition) is 2. The van der Waals surface area contributed by atoms with Gasteiger partial charge in [0.2, 0.25) is 0 Å². The van der Waals surface area contributed by atoms with E-state index in [1.165, 1.54) is 0 Å². The van der Waals surface area contributed by atoms with E-state index < -0.39 is 0 Å². The van der Waals surface area contributed by atoms with Gasteiger partial charge in [-0.15, -0.1) is 0 Å². The molecule has 0 spiro atoms. The van der Waals surface area contributed by atoms with Crippen molar-refractivity contribution < 1.29 is 4.42 Å². The Morgan fingerprint density at radius 1 is 1.18 bits per heavy atom. The van der Waals surface area contributed by atoms with Gasteiger partial charge in [-0.05, 0) is 32.1 Å². The molecule has 0 radical (unpaired) electrons. The SMILES string of the molecule is C/C=C/c1oc2ccccc2c(=O)c1C.CC. The van der Waals surface area contributed by atoms with Crippen LogP contribution in [0, 0.1) is 6.92 Å². The van der Waals surface area contributed by atoms with Crippen LogP contribution >= 0.6 is 0 Å². The number of benzene rings is 1. The lowest BCUT2D eigenvalue weighted by Crippen LogP contribution is -2.06. The molecule has 2 nitrogen and oxygen atoms in total. The Hall–Kier alpha value is -1.83. The molecule has 0 aliphatic rings. The summed E-state index contributed by atoms with van der Waals surface area (Å²) >= 11 is 0. The molecule has 0 amide bonds. The van der Waals surface area contributed by atoms with Gasteiger partial charge in [-0.1, -0.05) is 32.1 Å². The fourth-order valence-corrected chi connectivity index (χ4v) is 1.56. The molecule has 0 aliphatic heterocycles. The zero-order valence-electron chi connectivity index (χ0n) is 10.8. The molecule has 1 aromatic heterocycles. The molecule has 90 valence electrons. The summed E-state index contributed by atoms with van der Waals surface area (Å²) in [6.07, 6.45) is 3.67. The van der Waals surface area contributed by atoms with Gasteiger partial charge < -0.3 is 4.42 Å². The van der Waals surface area contributed by atoms with Gasteiger partial charge in [0.15, 0.2) is 5.43 Å². The molecular formula is C15H18O2. The highest BCUT2D eigenvalue weighted by Crippen LogP contribution is 2.15. The summed E-state index contributed by atoms with van der Waals surface area (Å²) in [7, 11) is 0. The van der Waals surface area contributed by atoms with Crippen molar-refractivity contribution in [3.05, 3.63) is 51.9 Å². The number of allylic oxidation sites excluding steroid dienone is 1. The molecule has 1 aromatic carbocycles. The maximum Gasteiger partial charge on any atom is 0.196 e. The molecule has 0 saturated heterocycles. The Bertz CT molecular complexity index is 577. The van der Waals surface area contributed by atoms with E-state index in [1.807, 2.05) is 51.1 Å². The molecule has 0 saturated carbocycles. The second-order valence-electron chi connectivity index (χ2n) is 3.42. The van der Waals surface area contributed by atoms with E-state index in [9.17, 15) is 4.79 Å². The van der Waals surface area contributed by atoms with Gasteiger partial charge in [0.25, 0.3) is 0 Å². The van der Waals surface area contributed by atoms with Gasteiger partial charge in [0, 0.05) is 5.56 Å². The minimum atomic E-state index is 0.0463. The molecule has 0 fully saturated rings. The minimum absolute atomic E-state index is 0.0463. The third kappa shape index (κ3) is 2.64. The van der Waals surface area contributed by atoms with Crippen molar-refractivity contribution in [2.24, 2.45) is 0 Å². The van der Waals surface area contributed by atoms with Crippen LogP contribution in [0.2, 0.25) is 0 Å². The monoisotopic (exact) mass is 230 g/mol. The lowest BCUT2D eigenvalue weighted by Gasteiger charge is -2.02. The van der Waals surface area contributed by atoms with Crippen LogP contribution in [0.5, 0.6) is 0 Å². The second-order valence-corrected chi connectivity index (χ2v) is 3.42. The van der Waals surface area contributed by atoms with Crippen LogP contribution in [0.3, 0.4) is 0 Å². The highest BCUT2D eigenvalue weighted by atomic mass is 16.3. The lowest BCUT2D eigenvalue weighted by atomic mass is 10.1. The molecule has 0 bridgehead atoms. The quantitative estimate of drug-likeness (QED) is 0.736. The zero-order valence-corrected chi connectivity index (χ0v) is 10.8. The molecule has 0 atom stereocenters. The van der Waals surface area contributed by atoms with Crippen LogP contribution in [0.1, 0.15) is 32.1 Å². The summed E-state index contributed by atoms with van der Waals surface area (Å²) in [6, 6.07) is 7.30. The standard InChI is InChI=1S/C13H12O2.C2H6/c1-3-6-11-9(2)13(14)10-7-4-5-8-12(10)15-11;1-2/h3-8H,1-2H3;1-2H3/b6-3+;. The molecule has 0 N–H and O–H groups in total. The normalized spacial score (nSPS) is 10.4. The topological polar surface area (TPSA) is 30.2 Å². The van der Waals surface area contributed by atoms with Gasteiger partial charge in [-0.3, -0.25) is 4.79 Å². The van der Waals surface area contributed by atoms with Crippen molar-refractivity contribution in [2.45, 2.75) is 27.7 Å². The predicted molar refractivity (Wildman–Crippen MR) is 73.3 cm³/mol. The fourth-order valence-electron chi connectivity index (χ4n) is 1.56. The Balaban J connectivity index is 0.000000686. The summed E-state index contributed by atoms with van der Waals surface area (Å²) in [5.74, 6) is 0.640. The van der Waals surface area contributed by atoms with Crippen LogP contribution in [0.4, 0.5) is 0 Å². The number of para-hydroxylation sites is 1. The van der Waals surface area contributed by atoms with Crippen LogP contribution in [0.25, 0.3) is 17.0 Å². The predicted octanol–water partition coefficient (Wildman–Crippen LogP) is 4.16. The molecule has 2 rings (SSSR count). The first-order chi connectivity index (χ1) is 8.24. The molecule has 17 heavy (non-hydrogen) atoms. The average Bonchev–Trinajstić information content (AvgIpc) is 2.38. The highest BCUT2D eigenvalue weighted by molar-refractivity contribution is 5.78. The van der Waals surface area contributed by atoms with Crippen molar-refractivity contribution in [1.29, 1.82) is 0 Å². The lowest BCUT2D eigenvalue weighted by molar-refractivity contribution is 0.585. The molecular weight excluding hydrogens is 212 g/mol. The van der Waals surface area contributed by atoms with E-state index in [4.69, 9.17) is 4.42 Å². The van der Waals surface area contributed by atoms with Gasteiger partial charge >= 0.3 is 0 Å². The highest BCUT2D eigenvalue weighted by Gasteiger charge is 2.07. The average molecular weight is 230 g/mol. The summed E-state index contributed by atoms with van der Waals surface area (Å²) in [5.41, 5.74) is 1.35. The number of hydrogen-bond donors (Lipinski definition) is 0. The van der Waals surface area contributed by atoms with Gasteiger partial charge in [0.05, 0.1) is 5.39 Å². The van der Waals surface area contributed by atoms with Crippen molar-refractivity contribution >= 4 is 17.0 Å². The Morgan fingerprint density at radius 2 is 1.82 bits per heavy atom. The molecule has 2 aromatic rings. The van der Waals surface area contributed by atoms with E-state index in [0.717, 1.165) is 0 Å². The van der Waals surface area contributed by atoms with Crippen molar-refractivity contribution in [2.75, 3.05) is 0 Å². The van der Waals surface area contributed by atoms with Gasteiger partial charge in [0.1, 0.15) is 11.3 Å². The summed E-state index contributed by atoms with van der Waals surface area (Å²) < 4.78 is 5.63. The number of rotatable bonds is 1. The Morgan fingerprint density at radius 3 is 2.47 bits per heavy atom. The molecule has 1 heterocycles. The van der Waals surface area contributed by atoms with E-state index in [-0.39, 0.29) is 5.43 Å². The fraction of sp³-hybridized carbons (Fsp3) is 0.267. The zero-order chi connectivity index (χ0) is 12.8. The first kappa shape index (κ1) is 13.2. The maximum absolute atomic E-state index is 11.9. The van der Waals surface area contributed by atoms with Gasteiger partial charge in [-0.2, -0.15) is 0 Å². The largest absolute Gasteiger partial charge is 0.456 e. The first-order valence-electron chi connectivity index (χ1n) is 5.89. The van der Waals surface area contributed by atoms with E-state index in [0.29, 0.717) is 22.3 Å². The first-order valence-corrected chi connectivity index (χ1v) is 5.89. The molecule has 2 heteroatoms. The van der Waals surface area contributed by atoms with E-state index in [2.05, 4.69) is 0 Å². The summed E-state index contributed by atoms with van der Waals surface area (Å²) in [6.45, 7) is 7.68. The van der Waals surface area contributed by atoms with E-state index in [1.54, 1.807) is 13.0 Å². The van der Waals surface area contributed by atoms with Crippen LogP contribution in [0.15, 0.2) is 39.6 Å². The van der Waals surface area contributed by atoms with Crippen molar-refractivity contribution in [1.82, 2.24) is 0 Å². The molecule has 0 aliphatic carbocycles. The van der Waals surface area contributed by atoms with Crippen molar-refractivity contribution in [3.8, 4) is 0 Å². The summed E-state index contributed by atoms with van der Waals surface area (Å²) in [5, 5.41) is 0.642. The Kier molecular flexibility index (Phi) is 4.70. The maximum atomic E-state index is 11.9. The Labute approximate surface area is 102 Å². The third-order valence-corrected chi connectivity index (χ3v) is 2.38.